The summed E-state index contributed by atoms with van der Waals surface area (Å²) >= 11 is 0. The number of benzene rings is 1. The van der Waals surface area contributed by atoms with E-state index in [1.54, 1.807) is 7.11 Å². The first-order valence-electron chi connectivity index (χ1n) is 5.76. The van der Waals surface area contributed by atoms with Gasteiger partial charge in [0.15, 0.2) is 0 Å². The van der Waals surface area contributed by atoms with Crippen LogP contribution < -0.4 is 10.5 Å². The van der Waals surface area contributed by atoms with Gasteiger partial charge in [0.05, 0.1) is 7.11 Å². The maximum Gasteiger partial charge on any atom is 0.119 e. The number of nitrogens with two attached hydrogens (primary N) is 1. The van der Waals surface area contributed by atoms with Gasteiger partial charge in [-0.3, -0.25) is 0 Å². The van der Waals surface area contributed by atoms with Gasteiger partial charge >= 0.3 is 0 Å². The molecule has 1 aromatic rings. The molecule has 3 heteroatoms. The quantitative estimate of drug-likeness (QED) is 0.831. The first-order valence-corrected chi connectivity index (χ1v) is 5.76. The van der Waals surface area contributed by atoms with Crippen molar-refractivity contribution >= 4 is 0 Å². The van der Waals surface area contributed by atoms with Gasteiger partial charge in [0.1, 0.15) is 5.75 Å². The fourth-order valence-electron chi connectivity index (χ4n) is 2.19. The predicted octanol–water partition coefficient (Wildman–Crippen LogP) is 2.05. The zero-order valence-corrected chi connectivity index (χ0v) is 9.74. The minimum atomic E-state index is -0.259. The molecule has 1 aliphatic rings. The second-order valence-corrected chi connectivity index (χ2v) is 4.35. The Bertz CT molecular complexity index is 344. The number of rotatable bonds is 2. The molecular formula is C13H19NO2. The minimum absolute atomic E-state index is 0.259. The Morgan fingerprint density at radius 2 is 2.19 bits per heavy atom. The normalized spacial score (nSPS) is 26.1. The molecule has 0 saturated carbocycles. The minimum Gasteiger partial charge on any atom is -0.497 e. The van der Waals surface area contributed by atoms with Crippen LogP contribution in [0, 0.1) is 0 Å². The lowest BCUT2D eigenvalue weighted by Gasteiger charge is -2.28. The van der Waals surface area contributed by atoms with Gasteiger partial charge in [0.2, 0.25) is 0 Å². The van der Waals surface area contributed by atoms with Crippen molar-refractivity contribution in [1.82, 2.24) is 0 Å². The lowest BCUT2D eigenvalue weighted by molar-refractivity contribution is 0.139. The topological polar surface area (TPSA) is 44.5 Å². The molecule has 2 N–H and O–H groups in total. The molecule has 0 bridgehead atoms. The Balaban J connectivity index is 2.25. The van der Waals surface area contributed by atoms with E-state index in [1.807, 2.05) is 18.2 Å². The highest BCUT2D eigenvalue weighted by molar-refractivity contribution is 5.33. The van der Waals surface area contributed by atoms with E-state index in [0.29, 0.717) is 0 Å². The summed E-state index contributed by atoms with van der Waals surface area (Å²) in [5.74, 6) is 0.868. The molecule has 16 heavy (non-hydrogen) atoms. The van der Waals surface area contributed by atoms with E-state index in [1.165, 1.54) is 0 Å². The summed E-state index contributed by atoms with van der Waals surface area (Å²) in [5.41, 5.74) is 7.36. The fourth-order valence-corrected chi connectivity index (χ4v) is 2.19. The molecule has 0 aliphatic carbocycles. The number of hydrogen-bond donors (Lipinski definition) is 1. The van der Waals surface area contributed by atoms with Gasteiger partial charge in [-0.25, -0.2) is 0 Å². The van der Waals surface area contributed by atoms with Gasteiger partial charge in [0.25, 0.3) is 0 Å². The van der Waals surface area contributed by atoms with Crippen LogP contribution in [-0.4, -0.2) is 20.3 Å². The lowest BCUT2D eigenvalue weighted by Crippen LogP contribution is -2.36. The molecule has 1 fully saturated rings. The SMILES string of the molecule is COc1cccc(C2(N)CCCOCC2)c1. The van der Waals surface area contributed by atoms with Crippen LogP contribution >= 0.6 is 0 Å². The van der Waals surface area contributed by atoms with Gasteiger partial charge in [-0.05, 0) is 37.0 Å². The maximum absolute atomic E-state index is 6.47. The van der Waals surface area contributed by atoms with Crippen molar-refractivity contribution < 1.29 is 9.47 Å². The first kappa shape index (κ1) is 11.4. The maximum atomic E-state index is 6.47. The van der Waals surface area contributed by atoms with Crippen molar-refractivity contribution in [3.05, 3.63) is 29.8 Å². The summed E-state index contributed by atoms with van der Waals surface area (Å²) in [6, 6.07) is 8.05. The summed E-state index contributed by atoms with van der Waals surface area (Å²) in [7, 11) is 1.68. The van der Waals surface area contributed by atoms with Crippen LogP contribution in [0.1, 0.15) is 24.8 Å². The highest BCUT2D eigenvalue weighted by atomic mass is 16.5. The fraction of sp³-hybridized carbons (Fsp3) is 0.538. The molecule has 1 atom stereocenters. The molecule has 1 saturated heterocycles. The number of methoxy groups -OCH3 is 1. The Morgan fingerprint density at radius 3 is 3.00 bits per heavy atom. The third-order valence-corrected chi connectivity index (χ3v) is 3.25. The Hall–Kier alpha value is -1.06. The first-order chi connectivity index (χ1) is 7.74. The Morgan fingerprint density at radius 1 is 1.31 bits per heavy atom. The van der Waals surface area contributed by atoms with Crippen LogP contribution in [0.15, 0.2) is 24.3 Å². The van der Waals surface area contributed by atoms with Gasteiger partial charge in [0, 0.05) is 18.8 Å². The Kier molecular flexibility index (Phi) is 3.46. The van der Waals surface area contributed by atoms with E-state index in [2.05, 4.69) is 6.07 Å². The van der Waals surface area contributed by atoms with Gasteiger partial charge in [-0.1, -0.05) is 12.1 Å². The molecule has 1 aromatic carbocycles. The van der Waals surface area contributed by atoms with Crippen LogP contribution in [0.2, 0.25) is 0 Å². The predicted molar refractivity (Wildman–Crippen MR) is 63.5 cm³/mol. The molecule has 0 aromatic heterocycles. The van der Waals surface area contributed by atoms with Crippen molar-refractivity contribution in [2.24, 2.45) is 5.73 Å². The molecule has 1 unspecified atom stereocenters. The van der Waals surface area contributed by atoms with E-state index >= 15 is 0 Å². The van der Waals surface area contributed by atoms with Gasteiger partial charge in [-0.15, -0.1) is 0 Å². The summed E-state index contributed by atoms with van der Waals surface area (Å²) < 4.78 is 10.7. The number of ether oxygens (including phenoxy) is 2. The molecule has 2 rings (SSSR count). The smallest absolute Gasteiger partial charge is 0.119 e. The second kappa shape index (κ2) is 4.85. The molecule has 1 heterocycles. The van der Waals surface area contributed by atoms with Crippen LogP contribution in [0.3, 0.4) is 0 Å². The summed E-state index contributed by atoms with van der Waals surface area (Å²) in [6.45, 7) is 1.57. The Labute approximate surface area is 96.5 Å². The lowest BCUT2D eigenvalue weighted by atomic mass is 9.84. The second-order valence-electron chi connectivity index (χ2n) is 4.35. The zero-order valence-electron chi connectivity index (χ0n) is 9.74. The van der Waals surface area contributed by atoms with Crippen LogP contribution in [0.25, 0.3) is 0 Å². The molecule has 3 nitrogen and oxygen atoms in total. The van der Waals surface area contributed by atoms with E-state index in [9.17, 15) is 0 Å². The zero-order chi connectivity index (χ0) is 11.4. The average molecular weight is 221 g/mol. The van der Waals surface area contributed by atoms with Gasteiger partial charge < -0.3 is 15.2 Å². The molecule has 0 amide bonds. The standard InChI is InChI=1S/C13H19NO2/c1-15-12-5-2-4-11(10-12)13(14)6-3-8-16-9-7-13/h2,4-5,10H,3,6-9,14H2,1H3. The number of hydrogen-bond acceptors (Lipinski definition) is 3. The van der Waals surface area contributed by atoms with Gasteiger partial charge in [-0.2, -0.15) is 0 Å². The molecular weight excluding hydrogens is 202 g/mol. The van der Waals surface area contributed by atoms with Crippen LogP contribution in [-0.2, 0) is 10.3 Å². The third kappa shape index (κ3) is 2.36. The largest absolute Gasteiger partial charge is 0.497 e. The van der Waals surface area contributed by atoms with E-state index in [-0.39, 0.29) is 5.54 Å². The summed E-state index contributed by atoms with van der Waals surface area (Å²) in [6.07, 6.45) is 2.87. The average Bonchev–Trinajstić information content (AvgIpc) is 2.55. The van der Waals surface area contributed by atoms with Crippen molar-refractivity contribution in [2.45, 2.75) is 24.8 Å². The highest BCUT2D eigenvalue weighted by Gasteiger charge is 2.28. The molecule has 0 radical (unpaired) electrons. The van der Waals surface area contributed by atoms with Crippen LogP contribution in [0.4, 0.5) is 0 Å². The molecule has 88 valence electrons. The van der Waals surface area contributed by atoms with Crippen molar-refractivity contribution in [3.8, 4) is 5.75 Å². The third-order valence-electron chi connectivity index (χ3n) is 3.25. The summed E-state index contributed by atoms with van der Waals surface area (Å²) in [4.78, 5) is 0. The van der Waals surface area contributed by atoms with Crippen molar-refractivity contribution in [1.29, 1.82) is 0 Å². The van der Waals surface area contributed by atoms with Crippen LogP contribution in [0.5, 0.6) is 5.75 Å². The van der Waals surface area contributed by atoms with E-state index in [0.717, 1.165) is 43.8 Å². The monoisotopic (exact) mass is 221 g/mol. The molecule has 0 spiro atoms. The highest BCUT2D eigenvalue weighted by Crippen LogP contribution is 2.31. The van der Waals surface area contributed by atoms with E-state index in [4.69, 9.17) is 15.2 Å². The molecule has 1 aliphatic heterocycles. The van der Waals surface area contributed by atoms with Crippen molar-refractivity contribution in [3.63, 3.8) is 0 Å². The van der Waals surface area contributed by atoms with E-state index < -0.39 is 0 Å². The van der Waals surface area contributed by atoms with Crippen molar-refractivity contribution in [2.75, 3.05) is 20.3 Å². The summed E-state index contributed by atoms with van der Waals surface area (Å²) in [5, 5.41) is 0.